The van der Waals surface area contributed by atoms with E-state index in [9.17, 15) is 14.4 Å². The van der Waals surface area contributed by atoms with E-state index in [4.69, 9.17) is 14.2 Å². The predicted molar refractivity (Wildman–Crippen MR) is 136 cm³/mol. The Morgan fingerprint density at radius 3 is 2.36 bits per heavy atom. The molecule has 2 N–H and O–H groups in total. The van der Waals surface area contributed by atoms with Crippen molar-refractivity contribution >= 4 is 34.4 Å². The third kappa shape index (κ3) is 5.87. The van der Waals surface area contributed by atoms with Crippen LogP contribution in [0, 0.1) is 5.92 Å². The summed E-state index contributed by atoms with van der Waals surface area (Å²) in [6, 6.07) is 8.75. The fourth-order valence-corrected chi connectivity index (χ4v) is 5.25. The first-order chi connectivity index (χ1) is 17.2. The second kappa shape index (κ2) is 12.0. The highest BCUT2D eigenvalue weighted by Gasteiger charge is 2.53. The first-order valence-corrected chi connectivity index (χ1v) is 12.9. The number of allylic oxidation sites excluding steroid dienone is 1. The van der Waals surface area contributed by atoms with Crippen molar-refractivity contribution in [2.45, 2.75) is 52.6 Å². The number of hydrogen-bond donors (Lipinski definition) is 2. The predicted octanol–water partition coefficient (Wildman–Crippen LogP) is 3.56. The van der Waals surface area contributed by atoms with Gasteiger partial charge in [-0.1, -0.05) is 30.3 Å². The van der Waals surface area contributed by atoms with Crippen molar-refractivity contribution < 1.29 is 28.6 Å². The lowest BCUT2D eigenvalue weighted by atomic mass is 9.70. The summed E-state index contributed by atoms with van der Waals surface area (Å²) in [5.74, 6) is -2.22. The molecular formula is C26H33N3O6S. The summed E-state index contributed by atoms with van der Waals surface area (Å²) in [5, 5.41) is 8.91. The lowest BCUT2D eigenvalue weighted by molar-refractivity contribution is -0.152. The van der Waals surface area contributed by atoms with Crippen molar-refractivity contribution in [1.29, 1.82) is 0 Å². The van der Waals surface area contributed by atoms with Crippen LogP contribution in [-0.2, 0) is 40.6 Å². The third-order valence-electron chi connectivity index (χ3n) is 5.99. The van der Waals surface area contributed by atoms with Crippen LogP contribution < -0.4 is 10.6 Å². The zero-order chi connectivity index (χ0) is 26.3. The van der Waals surface area contributed by atoms with Gasteiger partial charge in [0.1, 0.15) is 5.92 Å². The summed E-state index contributed by atoms with van der Waals surface area (Å²) >= 11 is 1.28. The zero-order valence-electron chi connectivity index (χ0n) is 21.3. The van der Waals surface area contributed by atoms with Gasteiger partial charge in [0.05, 0.1) is 49.1 Å². The van der Waals surface area contributed by atoms with Crippen molar-refractivity contribution in [2.24, 2.45) is 5.92 Å². The van der Waals surface area contributed by atoms with E-state index in [-0.39, 0.29) is 32.2 Å². The number of nitrogens with zero attached hydrogens (tertiary/aromatic N) is 1. The van der Waals surface area contributed by atoms with E-state index in [1.54, 1.807) is 33.1 Å². The lowest BCUT2D eigenvalue weighted by Crippen LogP contribution is -2.60. The van der Waals surface area contributed by atoms with Crippen LogP contribution in [0.3, 0.4) is 0 Å². The minimum Gasteiger partial charge on any atom is -0.466 e. The number of carbonyl (C=O) groups is 3. The summed E-state index contributed by atoms with van der Waals surface area (Å²) in [4.78, 5) is 43.0. The molecule has 9 nitrogen and oxygen atoms in total. The second-order valence-electron chi connectivity index (χ2n) is 8.43. The SMILES string of the molecule is CCOC(=O)Cc1csc(NC2C(C(=O)OCC)=C(C)NC(C)(c3ccccc3)C2C(=O)OCC)n1. The first-order valence-electron chi connectivity index (χ1n) is 12.0. The molecule has 2 heterocycles. The third-order valence-corrected chi connectivity index (χ3v) is 6.81. The number of thiazole rings is 1. The van der Waals surface area contributed by atoms with E-state index in [0.29, 0.717) is 22.1 Å². The normalized spacial score (nSPS) is 21.4. The molecule has 10 heteroatoms. The van der Waals surface area contributed by atoms with Crippen molar-refractivity contribution in [3.8, 4) is 0 Å². The molecular weight excluding hydrogens is 482 g/mol. The zero-order valence-corrected chi connectivity index (χ0v) is 22.1. The lowest BCUT2D eigenvalue weighted by Gasteiger charge is -2.47. The molecule has 0 aliphatic carbocycles. The number of anilines is 1. The van der Waals surface area contributed by atoms with Gasteiger partial charge in [0.2, 0.25) is 0 Å². The molecule has 0 saturated heterocycles. The number of benzene rings is 1. The average molecular weight is 516 g/mol. The van der Waals surface area contributed by atoms with Crippen LogP contribution >= 0.6 is 11.3 Å². The molecule has 0 spiro atoms. The summed E-state index contributed by atoms with van der Waals surface area (Å²) in [6.07, 6.45) is 0.0286. The Labute approximate surface area is 215 Å². The van der Waals surface area contributed by atoms with Gasteiger partial charge >= 0.3 is 17.9 Å². The number of esters is 3. The van der Waals surface area contributed by atoms with Gasteiger partial charge < -0.3 is 24.8 Å². The van der Waals surface area contributed by atoms with Gasteiger partial charge in [0, 0.05) is 11.1 Å². The summed E-state index contributed by atoms with van der Waals surface area (Å²) < 4.78 is 15.9. The van der Waals surface area contributed by atoms with E-state index in [0.717, 1.165) is 5.56 Å². The van der Waals surface area contributed by atoms with Gasteiger partial charge in [-0.2, -0.15) is 0 Å². The highest BCUT2D eigenvalue weighted by molar-refractivity contribution is 7.13. The molecule has 1 aromatic heterocycles. The van der Waals surface area contributed by atoms with E-state index in [1.807, 2.05) is 37.3 Å². The fraction of sp³-hybridized carbons (Fsp3) is 0.462. The van der Waals surface area contributed by atoms with Gasteiger partial charge in [0.25, 0.3) is 0 Å². The van der Waals surface area contributed by atoms with Crippen LogP contribution in [0.25, 0.3) is 0 Å². The Morgan fingerprint density at radius 2 is 1.72 bits per heavy atom. The molecule has 0 fully saturated rings. The van der Waals surface area contributed by atoms with Gasteiger partial charge in [-0.15, -0.1) is 11.3 Å². The number of carbonyl (C=O) groups excluding carboxylic acids is 3. The Balaban J connectivity index is 2.09. The fourth-order valence-electron chi connectivity index (χ4n) is 4.50. The number of rotatable bonds is 10. The van der Waals surface area contributed by atoms with Crippen molar-refractivity contribution in [1.82, 2.24) is 10.3 Å². The molecule has 2 aromatic rings. The number of ether oxygens (including phenoxy) is 3. The molecule has 0 amide bonds. The Morgan fingerprint density at radius 1 is 1.06 bits per heavy atom. The van der Waals surface area contributed by atoms with E-state index < -0.39 is 29.4 Å². The summed E-state index contributed by atoms with van der Waals surface area (Å²) in [5.41, 5.74) is 1.37. The average Bonchev–Trinajstić information content (AvgIpc) is 3.26. The van der Waals surface area contributed by atoms with E-state index in [1.165, 1.54) is 11.3 Å². The smallest absolute Gasteiger partial charge is 0.337 e. The topological polar surface area (TPSA) is 116 Å². The quantitative estimate of drug-likeness (QED) is 0.362. The highest BCUT2D eigenvalue weighted by Crippen LogP contribution is 2.42. The largest absolute Gasteiger partial charge is 0.466 e. The van der Waals surface area contributed by atoms with Crippen molar-refractivity contribution in [3.05, 3.63) is 58.2 Å². The molecule has 3 rings (SSSR count). The van der Waals surface area contributed by atoms with Crippen LogP contribution in [-0.4, -0.2) is 48.8 Å². The molecule has 3 atom stereocenters. The van der Waals surface area contributed by atoms with Gasteiger partial charge in [-0.05, 0) is 40.2 Å². The molecule has 1 aliphatic heterocycles. The number of hydrogen-bond acceptors (Lipinski definition) is 10. The standard InChI is InChI=1S/C26H33N3O6S/c1-6-33-19(30)14-18-15-36-25(27-18)28-22-20(23(31)34-7-2)16(4)29-26(5,17-12-10-9-11-13-17)21(22)24(32)35-8-3/h9-13,15,21-22,29H,6-8,14H2,1-5H3,(H,27,28). The van der Waals surface area contributed by atoms with Gasteiger partial charge in [-0.25, -0.2) is 9.78 Å². The van der Waals surface area contributed by atoms with Crippen molar-refractivity contribution in [2.75, 3.05) is 25.1 Å². The highest BCUT2D eigenvalue weighted by atomic mass is 32.1. The Bertz CT molecular complexity index is 1120. The van der Waals surface area contributed by atoms with Crippen LogP contribution in [0.1, 0.15) is 45.9 Å². The molecule has 0 bridgehead atoms. The Hall–Kier alpha value is -3.40. The van der Waals surface area contributed by atoms with Gasteiger partial charge in [-0.3, -0.25) is 9.59 Å². The summed E-state index contributed by atoms with van der Waals surface area (Å²) in [6.45, 7) is 9.58. The molecule has 194 valence electrons. The summed E-state index contributed by atoms with van der Waals surface area (Å²) in [7, 11) is 0. The van der Waals surface area contributed by atoms with E-state index in [2.05, 4.69) is 15.6 Å². The van der Waals surface area contributed by atoms with Crippen LogP contribution in [0.2, 0.25) is 0 Å². The molecule has 36 heavy (non-hydrogen) atoms. The monoisotopic (exact) mass is 515 g/mol. The Kier molecular flexibility index (Phi) is 9.08. The molecule has 1 aromatic carbocycles. The first kappa shape index (κ1) is 27.2. The number of nitrogens with one attached hydrogen (secondary N) is 2. The maximum atomic E-state index is 13.5. The molecule has 1 aliphatic rings. The minimum absolute atomic E-state index is 0.0286. The maximum absolute atomic E-state index is 13.5. The second-order valence-corrected chi connectivity index (χ2v) is 9.29. The van der Waals surface area contributed by atoms with E-state index >= 15 is 0 Å². The molecule has 3 unspecified atom stereocenters. The number of aromatic nitrogens is 1. The molecule has 0 radical (unpaired) electrons. The van der Waals surface area contributed by atoms with Crippen LogP contribution in [0.15, 0.2) is 47.0 Å². The molecule has 0 saturated carbocycles. The van der Waals surface area contributed by atoms with Crippen LogP contribution in [0.5, 0.6) is 0 Å². The van der Waals surface area contributed by atoms with Crippen molar-refractivity contribution in [3.63, 3.8) is 0 Å². The van der Waals surface area contributed by atoms with Crippen LogP contribution in [0.4, 0.5) is 5.13 Å². The van der Waals surface area contributed by atoms with Gasteiger partial charge in [0.15, 0.2) is 5.13 Å². The maximum Gasteiger partial charge on any atom is 0.337 e. The minimum atomic E-state index is -0.906.